The second-order valence-electron chi connectivity index (χ2n) is 6.76. The number of hydrogen-bond donors (Lipinski definition) is 0. The Hall–Kier alpha value is -2.14. The number of nitrogens with zero attached hydrogens (tertiary/aromatic N) is 1. The Bertz CT molecular complexity index is 716. The first kappa shape index (κ1) is 18.6. The lowest BCUT2D eigenvalue weighted by atomic mass is 9.92. The molecule has 1 saturated heterocycles. The van der Waals surface area contributed by atoms with Crippen molar-refractivity contribution in [3.8, 4) is 5.75 Å². The van der Waals surface area contributed by atoms with Crippen molar-refractivity contribution in [1.29, 1.82) is 0 Å². The number of methoxy groups -OCH3 is 1. The minimum absolute atomic E-state index is 0.00795. The number of benzene rings is 1. The van der Waals surface area contributed by atoms with Gasteiger partial charge in [-0.3, -0.25) is 9.59 Å². The smallest absolute Gasteiger partial charge is 0.223 e. The molecular formula is C21H25NO3S. The quantitative estimate of drug-likeness (QED) is 0.685. The van der Waals surface area contributed by atoms with Crippen LogP contribution in [0.3, 0.4) is 0 Å². The van der Waals surface area contributed by atoms with Crippen LogP contribution >= 0.6 is 11.3 Å². The zero-order valence-corrected chi connectivity index (χ0v) is 16.0. The van der Waals surface area contributed by atoms with Crippen LogP contribution in [0.2, 0.25) is 0 Å². The molecule has 0 radical (unpaired) electrons. The molecule has 0 spiro atoms. The van der Waals surface area contributed by atoms with Crippen LogP contribution in [0.15, 0.2) is 41.8 Å². The molecule has 4 nitrogen and oxygen atoms in total. The molecule has 138 valence electrons. The summed E-state index contributed by atoms with van der Waals surface area (Å²) in [6.45, 7) is 1.62. The lowest BCUT2D eigenvalue weighted by Crippen LogP contribution is -2.38. The largest absolute Gasteiger partial charge is 0.497 e. The molecule has 1 aromatic heterocycles. The van der Waals surface area contributed by atoms with Crippen LogP contribution in [0.1, 0.15) is 40.9 Å². The molecule has 3 rings (SSSR count). The number of thiophene rings is 1. The van der Waals surface area contributed by atoms with Gasteiger partial charge in [-0.05, 0) is 60.9 Å². The highest BCUT2D eigenvalue weighted by atomic mass is 32.1. The van der Waals surface area contributed by atoms with Crippen LogP contribution < -0.4 is 4.74 Å². The fraction of sp³-hybridized carbons (Fsp3) is 0.429. The van der Waals surface area contributed by atoms with Crippen molar-refractivity contribution in [3.63, 3.8) is 0 Å². The van der Waals surface area contributed by atoms with Crippen molar-refractivity contribution in [2.45, 2.75) is 32.1 Å². The number of piperidine rings is 1. The molecule has 0 unspecified atom stereocenters. The van der Waals surface area contributed by atoms with Crippen LogP contribution in [0.4, 0.5) is 0 Å². The number of likely N-dealkylation sites (tertiary alicyclic amines) is 1. The van der Waals surface area contributed by atoms with E-state index in [1.54, 1.807) is 31.4 Å². The van der Waals surface area contributed by atoms with E-state index in [0.717, 1.165) is 38.1 Å². The van der Waals surface area contributed by atoms with Crippen molar-refractivity contribution in [2.75, 3.05) is 20.2 Å². The summed E-state index contributed by atoms with van der Waals surface area (Å²) in [6.07, 6.45) is 3.78. The van der Waals surface area contributed by atoms with E-state index in [1.807, 2.05) is 16.2 Å². The summed E-state index contributed by atoms with van der Waals surface area (Å²) < 4.78 is 5.10. The maximum absolute atomic E-state index is 12.4. The minimum atomic E-state index is 0.00795. The molecule has 5 heteroatoms. The number of ether oxygens (including phenoxy) is 1. The van der Waals surface area contributed by atoms with Gasteiger partial charge in [0, 0.05) is 36.4 Å². The molecule has 0 bridgehead atoms. The van der Waals surface area contributed by atoms with Gasteiger partial charge in [0.15, 0.2) is 5.78 Å². The van der Waals surface area contributed by atoms with Crippen LogP contribution in [-0.4, -0.2) is 36.8 Å². The van der Waals surface area contributed by atoms with Gasteiger partial charge in [0.2, 0.25) is 5.91 Å². The van der Waals surface area contributed by atoms with E-state index in [9.17, 15) is 9.59 Å². The van der Waals surface area contributed by atoms with E-state index in [4.69, 9.17) is 4.74 Å². The predicted octanol–water partition coefficient (Wildman–Crippen LogP) is 4.20. The topological polar surface area (TPSA) is 46.6 Å². The highest BCUT2D eigenvalue weighted by molar-refractivity contribution is 7.09. The van der Waals surface area contributed by atoms with Crippen molar-refractivity contribution in [3.05, 3.63) is 52.2 Å². The Morgan fingerprint density at radius 3 is 2.46 bits per heavy atom. The fourth-order valence-electron chi connectivity index (χ4n) is 3.40. The van der Waals surface area contributed by atoms with Crippen molar-refractivity contribution < 1.29 is 14.3 Å². The first-order valence-corrected chi connectivity index (χ1v) is 10.0. The van der Waals surface area contributed by atoms with E-state index >= 15 is 0 Å². The molecule has 0 aliphatic carbocycles. The van der Waals surface area contributed by atoms with Gasteiger partial charge in [-0.25, -0.2) is 0 Å². The van der Waals surface area contributed by atoms with Gasteiger partial charge in [-0.2, -0.15) is 0 Å². The zero-order valence-electron chi connectivity index (χ0n) is 15.1. The maximum atomic E-state index is 12.4. The van der Waals surface area contributed by atoms with Gasteiger partial charge < -0.3 is 9.64 Å². The van der Waals surface area contributed by atoms with E-state index in [0.29, 0.717) is 17.9 Å². The molecule has 2 aromatic rings. The standard InChI is InChI=1S/C21H25NO3S/c1-25-18-6-4-17(5-7-18)20(23)8-9-21(24)22-12-10-16(11-13-22)15-19-3-2-14-26-19/h2-7,14,16H,8-13,15H2,1H3. The summed E-state index contributed by atoms with van der Waals surface area (Å²) in [7, 11) is 1.60. The fourth-order valence-corrected chi connectivity index (χ4v) is 4.22. The molecule has 26 heavy (non-hydrogen) atoms. The number of hydrogen-bond acceptors (Lipinski definition) is 4. The molecule has 1 aliphatic rings. The van der Waals surface area contributed by atoms with E-state index in [-0.39, 0.29) is 18.1 Å². The maximum Gasteiger partial charge on any atom is 0.223 e. The lowest BCUT2D eigenvalue weighted by Gasteiger charge is -2.32. The molecule has 1 fully saturated rings. The average molecular weight is 372 g/mol. The summed E-state index contributed by atoms with van der Waals surface area (Å²) >= 11 is 1.81. The monoisotopic (exact) mass is 371 g/mol. The van der Waals surface area contributed by atoms with Gasteiger partial charge in [0.25, 0.3) is 0 Å². The minimum Gasteiger partial charge on any atom is -0.497 e. The summed E-state index contributed by atoms with van der Waals surface area (Å²) in [5.41, 5.74) is 0.633. The highest BCUT2D eigenvalue weighted by Crippen LogP contribution is 2.24. The molecule has 1 aromatic carbocycles. The molecule has 0 N–H and O–H groups in total. The number of amides is 1. The first-order chi connectivity index (χ1) is 12.7. The van der Waals surface area contributed by atoms with Gasteiger partial charge in [-0.1, -0.05) is 6.07 Å². The second-order valence-corrected chi connectivity index (χ2v) is 7.79. The van der Waals surface area contributed by atoms with Crippen LogP contribution in [0, 0.1) is 5.92 Å². The SMILES string of the molecule is COc1ccc(C(=O)CCC(=O)N2CCC(Cc3cccs3)CC2)cc1. The third-order valence-corrected chi connectivity index (χ3v) is 5.91. The molecular weight excluding hydrogens is 346 g/mol. The molecule has 1 amide bonds. The Balaban J connectivity index is 1.41. The predicted molar refractivity (Wildman–Crippen MR) is 104 cm³/mol. The highest BCUT2D eigenvalue weighted by Gasteiger charge is 2.23. The Kier molecular flexibility index (Phi) is 6.45. The number of rotatable bonds is 7. The van der Waals surface area contributed by atoms with Crippen molar-refractivity contribution in [2.24, 2.45) is 5.92 Å². The third kappa shape index (κ3) is 4.94. The number of ketones is 1. The summed E-state index contributed by atoms with van der Waals surface area (Å²) in [5, 5.41) is 2.12. The molecule has 0 saturated carbocycles. The first-order valence-electron chi connectivity index (χ1n) is 9.13. The van der Waals surface area contributed by atoms with Crippen LogP contribution in [0.25, 0.3) is 0 Å². The lowest BCUT2D eigenvalue weighted by molar-refractivity contribution is -0.132. The van der Waals surface area contributed by atoms with Gasteiger partial charge >= 0.3 is 0 Å². The average Bonchev–Trinajstić information content (AvgIpc) is 3.19. The van der Waals surface area contributed by atoms with E-state index < -0.39 is 0 Å². The van der Waals surface area contributed by atoms with Crippen molar-refractivity contribution in [1.82, 2.24) is 4.90 Å². The number of carbonyl (C=O) groups is 2. The normalized spacial score (nSPS) is 15.0. The van der Waals surface area contributed by atoms with E-state index in [2.05, 4.69) is 17.5 Å². The Labute approximate surface area is 158 Å². The second kappa shape index (κ2) is 8.99. The zero-order chi connectivity index (χ0) is 18.4. The van der Waals surface area contributed by atoms with Gasteiger partial charge in [0.05, 0.1) is 7.11 Å². The Morgan fingerprint density at radius 1 is 1.12 bits per heavy atom. The van der Waals surface area contributed by atoms with Crippen LogP contribution in [-0.2, 0) is 11.2 Å². The molecule has 1 aliphatic heterocycles. The Morgan fingerprint density at radius 2 is 1.85 bits per heavy atom. The third-order valence-electron chi connectivity index (χ3n) is 5.02. The van der Waals surface area contributed by atoms with Gasteiger partial charge in [0.1, 0.15) is 5.75 Å². The van der Waals surface area contributed by atoms with Crippen molar-refractivity contribution >= 4 is 23.0 Å². The molecule has 0 atom stereocenters. The molecule has 2 heterocycles. The summed E-state index contributed by atoms with van der Waals surface area (Å²) in [5.74, 6) is 1.50. The number of Topliss-reactive ketones (excluding diaryl/α,β-unsaturated/α-hetero) is 1. The van der Waals surface area contributed by atoms with Gasteiger partial charge in [-0.15, -0.1) is 11.3 Å². The summed E-state index contributed by atoms with van der Waals surface area (Å²) in [6, 6.07) is 11.3. The van der Waals surface area contributed by atoms with Crippen LogP contribution in [0.5, 0.6) is 5.75 Å². The summed E-state index contributed by atoms with van der Waals surface area (Å²) in [4.78, 5) is 28.0. The van der Waals surface area contributed by atoms with E-state index in [1.165, 1.54) is 4.88 Å². The number of carbonyl (C=O) groups excluding carboxylic acids is 2.